The normalized spacial score (nSPS) is 21.9. The zero-order valence-corrected chi connectivity index (χ0v) is 17.4. The minimum atomic E-state index is -0.461. The second-order valence-electron chi connectivity index (χ2n) is 8.46. The molecule has 1 aromatic carbocycles. The average molecular weight is 409 g/mol. The van der Waals surface area contributed by atoms with E-state index in [2.05, 4.69) is 34.5 Å². The Morgan fingerprint density at radius 2 is 2.07 bits per heavy atom. The second-order valence-corrected chi connectivity index (χ2v) is 8.46. The quantitative estimate of drug-likeness (QED) is 0.595. The molecule has 1 fully saturated rings. The molecule has 0 spiro atoms. The molecule has 1 aliphatic rings. The van der Waals surface area contributed by atoms with Gasteiger partial charge in [0, 0.05) is 54.5 Å². The van der Waals surface area contributed by atoms with Crippen LogP contribution in [0.2, 0.25) is 0 Å². The van der Waals surface area contributed by atoms with E-state index in [0.29, 0.717) is 23.6 Å². The fourth-order valence-electron chi connectivity index (χ4n) is 3.96. The molecule has 3 aromatic rings. The molecule has 1 saturated heterocycles. The van der Waals surface area contributed by atoms with Gasteiger partial charge < -0.3 is 20.3 Å². The molecule has 4 rings (SSSR count). The highest BCUT2D eigenvalue weighted by atomic mass is 16.5. The summed E-state index contributed by atoms with van der Waals surface area (Å²) in [7, 11) is 0. The predicted octanol–water partition coefficient (Wildman–Crippen LogP) is 2.69. The van der Waals surface area contributed by atoms with E-state index in [1.165, 1.54) is 0 Å². The summed E-state index contributed by atoms with van der Waals surface area (Å²) in [5.74, 6) is 0.532. The van der Waals surface area contributed by atoms with Crippen LogP contribution in [-0.2, 0) is 0 Å². The van der Waals surface area contributed by atoms with Crippen LogP contribution in [-0.4, -0.2) is 54.0 Å². The number of ether oxygens (including phenoxy) is 1. The SMILES string of the molecule is C[C@H](O)[C@@H]1C[C@H](Oc2ccc(-c3ccc(-n4cccn4)cc3O)nn2)CC(C)(C)N1. The Labute approximate surface area is 175 Å². The first kappa shape index (κ1) is 20.3. The van der Waals surface area contributed by atoms with Gasteiger partial charge >= 0.3 is 0 Å². The smallest absolute Gasteiger partial charge is 0.233 e. The van der Waals surface area contributed by atoms with E-state index in [-0.39, 0.29) is 23.4 Å². The standard InChI is InChI=1S/C22H27N5O3/c1-14(28)19-12-16(13-22(2,3)24-19)30-21-8-7-18(25-26-21)17-6-5-15(11-20(17)29)27-10-4-9-23-27/h4-11,14,16,19,24,28-29H,12-13H2,1-3H3/t14-,16-,19-/m0/s1. The van der Waals surface area contributed by atoms with Gasteiger partial charge in [-0.2, -0.15) is 5.10 Å². The number of aromatic hydroxyl groups is 1. The number of aliphatic hydroxyl groups is 1. The van der Waals surface area contributed by atoms with Gasteiger partial charge in [0.25, 0.3) is 0 Å². The van der Waals surface area contributed by atoms with Gasteiger partial charge in [-0.3, -0.25) is 0 Å². The third-order valence-electron chi connectivity index (χ3n) is 5.37. The number of aromatic nitrogens is 4. The van der Waals surface area contributed by atoms with Crippen molar-refractivity contribution in [2.45, 2.75) is 57.4 Å². The molecule has 30 heavy (non-hydrogen) atoms. The van der Waals surface area contributed by atoms with E-state index in [0.717, 1.165) is 12.1 Å². The Bertz CT molecular complexity index is 987. The van der Waals surface area contributed by atoms with Crippen molar-refractivity contribution in [3.63, 3.8) is 0 Å². The minimum Gasteiger partial charge on any atom is -0.507 e. The summed E-state index contributed by atoms with van der Waals surface area (Å²) in [6, 6.07) is 10.6. The summed E-state index contributed by atoms with van der Waals surface area (Å²) in [5.41, 5.74) is 1.76. The third kappa shape index (κ3) is 4.44. The first-order valence-corrected chi connectivity index (χ1v) is 10.1. The van der Waals surface area contributed by atoms with E-state index in [1.807, 2.05) is 18.3 Å². The molecular weight excluding hydrogens is 382 g/mol. The molecule has 1 aliphatic heterocycles. The highest BCUT2D eigenvalue weighted by Crippen LogP contribution is 2.31. The molecule has 158 valence electrons. The fourth-order valence-corrected chi connectivity index (χ4v) is 3.96. The van der Waals surface area contributed by atoms with E-state index in [9.17, 15) is 10.2 Å². The van der Waals surface area contributed by atoms with Crippen LogP contribution in [0.15, 0.2) is 48.8 Å². The van der Waals surface area contributed by atoms with Crippen LogP contribution in [0.1, 0.15) is 33.6 Å². The maximum atomic E-state index is 10.4. The van der Waals surface area contributed by atoms with Crippen molar-refractivity contribution in [1.82, 2.24) is 25.3 Å². The molecule has 0 unspecified atom stereocenters. The summed E-state index contributed by atoms with van der Waals surface area (Å²) in [6.07, 6.45) is 4.46. The van der Waals surface area contributed by atoms with Crippen LogP contribution in [0, 0.1) is 0 Å². The molecule has 3 N–H and O–H groups in total. The molecule has 8 nitrogen and oxygen atoms in total. The summed E-state index contributed by atoms with van der Waals surface area (Å²) < 4.78 is 7.74. The van der Waals surface area contributed by atoms with Crippen LogP contribution in [0.4, 0.5) is 0 Å². The Morgan fingerprint density at radius 1 is 1.23 bits per heavy atom. The molecule has 0 radical (unpaired) electrons. The van der Waals surface area contributed by atoms with Gasteiger partial charge in [0.15, 0.2) is 0 Å². The van der Waals surface area contributed by atoms with Gasteiger partial charge in [-0.15, -0.1) is 10.2 Å². The van der Waals surface area contributed by atoms with E-state index in [4.69, 9.17) is 4.74 Å². The zero-order valence-electron chi connectivity index (χ0n) is 17.4. The molecule has 8 heteroatoms. The second kappa shape index (κ2) is 8.04. The van der Waals surface area contributed by atoms with Crippen LogP contribution >= 0.6 is 0 Å². The van der Waals surface area contributed by atoms with E-state index in [1.54, 1.807) is 42.1 Å². The topological polar surface area (TPSA) is 105 Å². The van der Waals surface area contributed by atoms with Crippen molar-refractivity contribution in [3.05, 3.63) is 48.8 Å². The number of phenols is 1. The van der Waals surface area contributed by atoms with E-state index >= 15 is 0 Å². The first-order chi connectivity index (χ1) is 14.3. The van der Waals surface area contributed by atoms with Crippen LogP contribution in [0.25, 0.3) is 16.9 Å². The number of aliphatic hydroxyl groups excluding tert-OH is 1. The Balaban J connectivity index is 1.48. The average Bonchev–Trinajstić information content (AvgIpc) is 3.22. The van der Waals surface area contributed by atoms with E-state index < -0.39 is 6.10 Å². The van der Waals surface area contributed by atoms with Gasteiger partial charge in [-0.25, -0.2) is 4.68 Å². The van der Waals surface area contributed by atoms with Crippen molar-refractivity contribution in [1.29, 1.82) is 0 Å². The lowest BCUT2D eigenvalue weighted by atomic mass is 9.85. The van der Waals surface area contributed by atoms with Crippen molar-refractivity contribution in [3.8, 4) is 28.6 Å². The minimum absolute atomic E-state index is 0.0313. The van der Waals surface area contributed by atoms with Crippen molar-refractivity contribution >= 4 is 0 Å². The molecule has 3 heterocycles. The summed E-state index contributed by atoms with van der Waals surface area (Å²) in [5, 5.41) is 36.5. The monoisotopic (exact) mass is 409 g/mol. The molecule has 0 bridgehead atoms. The lowest BCUT2D eigenvalue weighted by Crippen LogP contribution is -2.58. The molecule has 0 saturated carbocycles. The molecular formula is C22H27N5O3. The molecule has 0 amide bonds. The summed E-state index contributed by atoms with van der Waals surface area (Å²) >= 11 is 0. The number of nitrogens with zero attached hydrogens (tertiary/aromatic N) is 4. The number of piperidine rings is 1. The van der Waals surface area contributed by atoms with Gasteiger partial charge in [-0.05, 0) is 45.0 Å². The van der Waals surface area contributed by atoms with Crippen LogP contribution in [0.5, 0.6) is 11.6 Å². The van der Waals surface area contributed by atoms with Gasteiger partial charge in [-0.1, -0.05) is 0 Å². The largest absolute Gasteiger partial charge is 0.507 e. The Morgan fingerprint density at radius 3 is 2.70 bits per heavy atom. The van der Waals surface area contributed by atoms with Gasteiger partial charge in [0.2, 0.25) is 5.88 Å². The highest BCUT2D eigenvalue weighted by Gasteiger charge is 2.36. The van der Waals surface area contributed by atoms with Crippen LogP contribution < -0.4 is 10.1 Å². The first-order valence-electron chi connectivity index (χ1n) is 10.1. The lowest BCUT2D eigenvalue weighted by molar-refractivity contribution is 0.0329. The summed E-state index contributed by atoms with van der Waals surface area (Å²) in [6.45, 7) is 5.99. The number of hydrogen-bond donors (Lipinski definition) is 3. The van der Waals surface area contributed by atoms with Crippen molar-refractivity contribution in [2.75, 3.05) is 0 Å². The summed E-state index contributed by atoms with van der Waals surface area (Å²) in [4.78, 5) is 0. The van der Waals surface area contributed by atoms with Crippen molar-refractivity contribution < 1.29 is 14.9 Å². The fraction of sp³-hybridized carbons (Fsp3) is 0.409. The van der Waals surface area contributed by atoms with Crippen LogP contribution in [0.3, 0.4) is 0 Å². The molecule has 2 aromatic heterocycles. The van der Waals surface area contributed by atoms with Gasteiger partial charge in [0.1, 0.15) is 11.9 Å². The lowest BCUT2D eigenvalue weighted by Gasteiger charge is -2.42. The third-order valence-corrected chi connectivity index (χ3v) is 5.37. The predicted molar refractivity (Wildman–Crippen MR) is 113 cm³/mol. The maximum Gasteiger partial charge on any atom is 0.233 e. The Kier molecular flexibility index (Phi) is 5.44. The zero-order chi connectivity index (χ0) is 21.3. The Hall–Kier alpha value is -2.97. The number of phenolic OH excluding ortho intramolecular Hbond substituents is 1. The number of nitrogens with one attached hydrogen (secondary N) is 1. The number of rotatable bonds is 5. The highest BCUT2D eigenvalue weighted by molar-refractivity contribution is 5.68. The molecule has 3 atom stereocenters. The number of hydrogen-bond acceptors (Lipinski definition) is 7. The van der Waals surface area contributed by atoms with Gasteiger partial charge in [0.05, 0.1) is 17.5 Å². The maximum absolute atomic E-state index is 10.4. The molecule has 0 aliphatic carbocycles. The van der Waals surface area contributed by atoms with Crippen molar-refractivity contribution in [2.24, 2.45) is 0 Å². The number of benzene rings is 1.